The summed E-state index contributed by atoms with van der Waals surface area (Å²) in [6.07, 6.45) is 0. The van der Waals surface area contributed by atoms with E-state index in [1.807, 2.05) is 0 Å². The third-order valence-corrected chi connectivity index (χ3v) is 12.3. The molecule has 0 aliphatic heterocycles. The highest BCUT2D eigenvalue weighted by Crippen LogP contribution is 2.56. The van der Waals surface area contributed by atoms with Gasteiger partial charge in [0.1, 0.15) is 0 Å². The molecule has 2 aliphatic carbocycles. The van der Waals surface area contributed by atoms with E-state index in [1.165, 1.54) is 115 Å². The van der Waals surface area contributed by atoms with Crippen molar-refractivity contribution in [3.8, 4) is 50.2 Å². The molecule has 0 saturated heterocycles. The molecule has 1 nitrogen and oxygen atoms in total. The highest BCUT2D eigenvalue weighted by molar-refractivity contribution is 6.26. The lowest BCUT2D eigenvalue weighted by molar-refractivity contribution is 0.667. The van der Waals surface area contributed by atoms with Gasteiger partial charge in [0.05, 0.1) is 11.0 Å². The molecule has 0 saturated carbocycles. The van der Waals surface area contributed by atoms with Crippen molar-refractivity contribution in [3.63, 3.8) is 0 Å². The molecule has 0 spiro atoms. The summed E-state index contributed by atoms with van der Waals surface area (Å²) in [5.74, 6) is 0. The third-order valence-electron chi connectivity index (χ3n) is 12.3. The summed E-state index contributed by atoms with van der Waals surface area (Å²) < 4.78 is 2.53. The summed E-state index contributed by atoms with van der Waals surface area (Å²) in [7, 11) is 0. The number of nitrogens with zero attached hydrogens (tertiary/aromatic N) is 1. The van der Waals surface area contributed by atoms with Gasteiger partial charge in [-0.1, -0.05) is 153 Å². The van der Waals surface area contributed by atoms with E-state index in [9.17, 15) is 0 Å². The van der Waals surface area contributed by atoms with Crippen LogP contribution >= 0.6 is 0 Å². The third kappa shape index (κ3) is 3.48. The first-order valence-corrected chi connectivity index (χ1v) is 18.4. The Morgan fingerprint density at radius 3 is 1.88 bits per heavy atom. The molecule has 52 heavy (non-hydrogen) atoms. The monoisotopic (exact) mass is 659 g/mol. The summed E-state index contributed by atoms with van der Waals surface area (Å²) in [5, 5.41) is 10.5. The van der Waals surface area contributed by atoms with Gasteiger partial charge in [-0.3, -0.25) is 0 Å². The Kier molecular flexibility index (Phi) is 5.37. The highest BCUT2D eigenvalue weighted by atomic mass is 15.0. The molecule has 1 heterocycles. The molecule has 12 rings (SSSR count). The Hall–Kier alpha value is -6.44. The van der Waals surface area contributed by atoms with Crippen LogP contribution < -0.4 is 0 Å². The van der Waals surface area contributed by atoms with Gasteiger partial charge in [-0.05, 0) is 107 Å². The first-order chi connectivity index (χ1) is 25.6. The highest BCUT2D eigenvalue weighted by Gasteiger charge is 2.39. The lowest BCUT2D eigenvalue weighted by Gasteiger charge is -2.23. The van der Waals surface area contributed by atoms with Crippen LogP contribution in [0.25, 0.3) is 104 Å². The predicted molar refractivity (Wildman–Crippen MR) is 221 cm³/mol. The van der Waals surface area contributed by atoms with E-state index in [1.54, 1.807) is 0 Å². The van der Waals surface area contributed by atoms with Crippen molar-refractivity contribution in [2.45, 2.75) is 19.3 Å². The van der Waals surface area contributed by atoms with Gasteiger partial charge in [0.25, 0.3) is 0 Å². The zero-order valence-electron chi connectivity index (χ0n) is 29.0. The molecule has 0 amide bonds. The van der Waals surface area contributed by atoms with Crippen LogP contribution in [0, 0.1) is 0 Å². The Morgan fingerprint density at radius 2 is 1.04 bits per heavy atom. The maximum absolute atomic E-state index is 2.53. The molecular formula is C51H33N. The van der Waals surface area contributed by atoms with Gasteiger partial charge in [-0.15, -0.1) is 0 Å². The predicted octanol–water partition coefficient (Wildman–Crippen LogP) is 13.9. The van der Waals surface area contributed by atoms with E-state index in [0.717, 1.165) is 0 Å². The minimum Gasteiger partial charge on any atom is -0.309 e. The fourth-order valence-electron chi connectivity index (χ4n) is 10.1. The second-order valence-electron chi connectivity index (χ2n) is 15.2. The summed E-state index contributed by atoms with van der Waals surface area (Å²) in [5.41, 5.74) is 17.1. The van der Waals surface area contributed by atoms with Gasteiger partial charge in [-0.25, -0.2) is 0 Å². The second kappa shape index (κ2) is 9.87. The van der Waals surface area contributed by atoms with Crippen molar-refractivity contribution in [2.75, 3.05) is 0 Å². The zero-order chi connectivity index (χ0) is 34.3. The van der Waals surface area contributed by atoms with Gasteiger partial charge in [-0.2, -0.15) is 0 Å². The molecule has 10 aromatic rings. The van der Waals surface area contributed by atoms with Crippen LogP contribution in [0.1, 0.15) is 25.0 Å². The standard InChI is InChI=1S/C51H33N/c1-51(2)44-20-9-7-16-42(44)47-39-14-5-6-15-41(39)50-48(49(47)51)43-17-8-10-21-45(43)52(50)33-25-24-30-28-32(23-22-31(30)29-33)34-26-27-40-36-13-4-3-12-35(36)38-19-11-18-37(34)46(38)40/h3-29H,1-2H3. The fourth-order valence-corrected chi connectivity index (χ4v) is 10.1. The van der Waals surface area contributed by atoms with Gasteiger partial charge in [0.2, 0.25) is 0 Å². The molecule has 0 radical (unpaired) electrons. The smallest absolute Gasteiger partial charge is 0.0623 e. The molecule has 1 heteroatoms. The topological polar surface area (TPSA) is 4.93 Å². The van der Waals surface area contributed by atoms with Crippen LogP contribution in [0.15, 0.2) is 164 Å². The first kappa shape index (κ1) is 28.3. The average Bonchev–Trinajstić information content (AvgIpc) is 3.79. The lowest BCUT2D eigenvalue weighted by Crippen LogP contribution is -2.15. The number of hydrogen-bond acceptors (Lipinski definition) is 0. The Labute approximate surface area is 302 Å². The van der Waals surface area contributed by atoms with Gasteiger partial charge >= 0.3 is 0 Å². The van der Waals surface area contributed by atoms with Crippen LogP contribution in [0.4, 0.5) is 0 Å². The van der Waals surface area contributed by atoms with Crippen molar-refractivity contribution < 1.29 is 0 Å². The Bertz CT molecular complexity index is 3180. The second-order valence-corrected chi connectivity index (χ2v) is 15.2. The van der Waals surface area contributed by atoms with Crippen LogP contribution in [0.2, 0.25) is 0 Å². The molecule has 0 unspecified atom stereocenters. The normalized spacial score (nSPS) is 13.7. The van der Waals surface area contributed by atoms with E-state index < -0.39 is 0 Å². The first-order valence-electron chi connectivity index (χ1n) is 18.4. The maximum atomic E-state index is 2.53. The number of para-hydroxylation sites is 1. The van der Waals surface area contributed by atoms with Crippen LogP contribution in [-0.4, -0.2) is 4.57 Å². The molecule has 0 fully saturated rings. The van der Waals surface area contributed by atoms with Crippen LogP contribution in [0.5, 0.6) is 0 Å². The van der Waals surface area contributed by atoms with Crippen molar-refractivity contribution in [1.82, 2.24) is 4.57 Å². The minimum atomic E-state index is -0.131. The van der Waals surface area contributed by atoms with Crippen LogP contribution in [-0.2, 0) is 5.41 Å². The summed E-state index contributed by atoms with van der Waals surface area (Å²) in [4.78, 5) is 0. The van der Waals surface area contributed by atoms with Crippen LogP contribution in [0.3, 0.4) is 0 Å². The van der Waals surface area contributed by atoms with Crippen molar-refractivity contribution in [1.29, 1.82) is 0 Å². The molecule has 9 aromatic carbocycles. The molecule has 0 N–H and O–H groups in total. The summed E-state index contributed by atoms with van der Waals surface area (Å²) in [6.45, 7) is 4.82. The fraction of sp³-hybridized carbons (Fsp3) is 0.0588. The quantitative estimate of drug-likeness (QED) is 0.174. The average molecular weight is 660 g/mol. The molecule has 0 bridgehead atoms. The number of fused-ring (bicyclic) bond motifs is 14. The number of benzene rings is 9. The minimum absolute atomic E-state index is 0.131. The number of hydrogen-bond donors (Lipinski definition) is 0. The number of rotatable bonds is 2. The summed E-state index contributed by atoms with van der Waals surface area (Å²) >= 11 is 0. The molecule has 0 atom stereocenters. The van der Waals surface area contributed by atoms with Gasteiger partial charge < -0.3 is 4.57 Å². The van der Waals surface area contributed by atoms with Gasteiger partial charge in [0.15, 0.2) is 0 Å². The maximum Gasteiger partial charge on any atom is 0.0623 e. The van der Waals surface area contributed by atoms with Crippen molar-refractivity contribution in [3.05, 3.63) is 175 Å². The molecule has 1 aromatic heterocycles. The molecule has 2 aliphatic rings. The van der Waals surface area contributed by atoms with E-state index in [-0.39, 0.29) is 5.41 Å². The Balaban J connectivity index is 1.08. The van der Waals surface area contributed by atoms with Crippen molar-refractivity contribution >= 4 is 54.1 Å². The van der Waals surface area contributed by atoms with Crippen molar-refractivity contribution in [2.24, 2.45) is 0 Å². The number of aromatic nitrogens is 1. The van der Waals surface area contributed by atoms with Gasteiger partial charge in [0, 0.05) is 27.3 Å². The Morgan fingerprint density at radius 1 is 0.423 bits per heavy atom. The van der Waals surface area contributed by atoms with E-state index in [2.05, 4.69) is 182 Å². The van der Waals surface area contributed by atoms with E-state index >= 15 is 0 Å². The zero-order valence-corrected chi connectivity index (χ0v) is 29.0. The molecular weight excluding hydrogens is 627 g/mol. The molecule has 242 valence electrons. The lowest BCUT2D eigenvalue weighted by atomic mass is 9.79. The largest absolute Gasteiger partial charge is 0.309 e. The van der Waals surface area contributed by atoms with E-state index in [4.69, 9.17) is 0 Å². The SMILES string of the molecule is CC1(C)c2ccccc2-c2c1c1c3ccccc3n(-c3ccc4cc(-c5ccc6c7c(cccc57)-c5ccccc5-6)ccc4c3)c1c1ccccc21. The van der Waals surface area contributed by atoms with E-state index in [0.29, 0.717) is 0 Å². The summed E-state index contributed by atoms with van der Waals surface area (Å²) in [6, 6.07) is 61.3.